The van der Waals surface area contributed by atoms with Crippen LogP contribution in [0.2, 0.25) is 0 Å². The van der Waals surface area contributed by atoms with Crippen molar-refractivity contribution in [1.29, 1.82) is 0 Å². The van der Waals surface area contributed by atoms with Gasteiger partial charge in [0.1, 0.15) is 5.52 Å². The van der Waals surface area contributed by atoms with Crippen LogP contribution in [0, 0.1) is 0 Å². The molecule has 1 saturated heterocycles. The lowest BCUT2D eigenvalue weighted by molar-refractivity contribution is 0.447. The summed E-state index contributed by atoms with van der Waals surface area (Å²) >= 11 is 1.74. The number of pyridine rings is 1. The number of nitrogens with one attached hydrogen (secondary N) is 1. The Hall–Kier alpha value is -1.98. The van der Waals surface area contributed by atoms with Crippen molar-refractivity contribution < 1.29 is 0 Å². The highest BCUT2D eigenvalue weighted by molar-refractivity contribution is 7.98. The molecule has 5 heteroatoms. The summed E-state index contributed by atoms with van der Waals surface area (Å²) in [5, 5.41) is 3.59. The number of aromatic nitrogens is 2. The highest BCUT2D eigenvalue weighted by atomic mass is 32.2. The first-order chi connectivity index (χ1) is 11.8. The third-order valence-electron chi connectivity index (χ3n) is 4.54. The summed E-state index contributed by atoms with van der Waals surface area (Å²) in [5.74, 6) is 0. The van der Waals surface area contributed by atoms with Crippen molar-refractivity contribution in [3.05, 3.63) is 54.9 Å². The molecule has 1 aliphatic heterocycles. The standard InChI is InChI=1S/C19H22N4S/c1-2-15-13-22(12-11-20-15)18-14-23(17-9-6-10-21-19(17)18)24-16-7-4-3-5-8-16/h3-10,14-15,20H,2,11-13H2,1H3. The van der Waals surface area contributed by atoms with Crippen molar-refractivity contribution in [1.82, 2.24) is 14.3 Å². The summed E-state index contributed by atoms with van der Waals surface area (Å²) in [6.45, 7) is 5.35. The summed E-state index contributed by atoms with van der Waals surface area (Å²) in [6.07, 6.45) is 5.29. The second kappa shape index (κ2) is 6.87. The molecule has 4 rings (SSSR count). The molecule has 3 aromatic rings. The zero-order chi connectivity index (χ0) is 16.4. The van der Waals surface area contributed by atoms with Gasteiger partial charge in [0.2, 0.25) is 0 Å². The number of hydrogen-bond acceptors (Lipinski definition) is 4. The summed E-state index contributed by atoms with van der Waals surface area (Å²) in [7, 11) is 0. The zero-order valence-corrected chi connectivity index (χ0v) is 14.7. The monoisotopic (exact) mass is 338 g/mol. The Labute approximate surface area is 147 Å². The Morgan fingerprint density at radius 1 is 1.21 bits per heavy atom. The van der Waals surface area contributed by atoms with Gasteiger partial charge in [0.15, 0.2) is 0 Å². The third-order valence-corrected chi connectivity index (χ3v) is 5.52. The van der Waals surface area contributed by atoms with Crippen LogP contribution < -0.4 is 10.2 Å². The van der Waals surface area contributed by atoms with Gasteiger partial charge in [0.05, 0.1) is 11.2 Å². The number of nitrogens with zero attached hydrogens (tertiary/aromatic N) is 3. The lowest BCUT2D eigenvalue weighted by atomic mass is 10.1. The molecule has 1 N–H and O–H groups in total. The van der Waals surface area contributed by atoms with Gasteiger partial charge < -0.3 is 10.2 Å². The van der Waals surface area contributed by atoms with Crippen LogP contribution in [0.5, 0.6) is 0 Å². The minimum Gasteiger partial charge on any atom is -0.366 e. The van der Waals surface area contributed by atoms with E-state index in [1.54, 1.807) is 11.9 Å². The largest absolute Gasteiger partial charge is 0.366 e. The molecule has 1 aromatic carbocycles. The molecule has 0 saturated carbocycles. The second-order valence-electron chi connectivity index (χ2n) is 6.12. The van der Waals surface area contributed by atoms with Gasteiger partial charge in [-0.2, -0.15) is 0 Å². The average molecular weight is 338 g/mol. The van der Waals surface area contributed by atoms with Crippen molar-refractivity contribution in [2.75, 3.05) is 24.5 Å². The van der Waals surface area contributed by atoms with Gasteiger partial charge in [-0.25, -0.2) is 0 Å². The molecule has 0 bridgehead atoms. The van der Waals surface area contributed by atoms with Crippen molar-refractivity contribution >= 4 is 28.7 Å². The molecule has 1 atom stereocenters. The first-order valence-corrected chi connectivity index (χ1v) is 9.30. The van der Waals surface area contributed by atoms with E-state index in [0.29, 0.717) is 6.04 Å². The molecule has 124 valence electrons. The van der Waals surface area contributed by atoms with E-state index in [9.17, 15) is 0 Å². The smallest absolute Gasteiger partial charge is 0.112 e. The highest BCUT2D eigenvalue weighted by Gasteiger charge is 2.22. The first kappa shape index (κ1) is 15.5. The predicted octanol–water partition coefficient (Wildman–Crippen LogP) is 3.78. The van der Waals surface area contributed by atoms with Gasteiger partial charge in [-0.1, -0.05) is 25.1 Å². The van der Waals surface area contributed by atoms with Crippen LogP contribution in [0.15, 0.2) is 59.8 Å². The van der Waals surface area contributed by atoms with Crippen molar-refractivity contribution in [2.24, 2.45) is 0 Å². The average Bonchev–Trinajstić information content (AvgIpc) is 3.01. The van der Waals surface area contributed by atoms with E-state index in [0.717, 1.165) is 31.6 Å². The number of hydrogen-bond donors (Lipinski definition) is 1. The minimum absolute atomic E-state index is 0.558. The molecule has 3 heterocycles. The molecule has 24 heavy (non-hydrogen) atoms. The van der Waals surface area contributed by atoms with Crippen molar-refractivity contribution in [3.63, 3.8) is 0 Å². The third kappa shape index (κ3) is 3.01. The molecular weight excluding hydrogens is 316 g/mol. The summed E-state index contributed by atoms with van der Waals surface area (Å²) < 4.78 is 2.25. The minimum atomic E-state index is 0.558. The summed E-state index contributed by atoms with van der Waals surface area (Å²) in [5.41, 5.74) is 3.51. The number of piperazine rings is 1. The molecule has 4 nitrogen and oxygen atoms in total. The van der Waals surface area contributed by atoms with E-state index in [1.165, 1.54) is 16.1 Å². The van der Waals surface area contributed by atoms with Gasteiger partial charge in [0.25, 0.3) is 0 Å². The number of benzene rings is 1. The second-order valence-corrected chi connectivity index (χ2v) is 7.17. The van der Waals surface area contributed by atoms with Crippen LogP contribution >= 0.6 is 11.9 Å². The van der Waals surface area contributed by atoms with E-state index in [4.69, 9.17) is 0 Å². The summed E-state index contributed by atoms with van der Waals surface area (Å²) in [6, 6.07) is 15.2. The Balaban J connectivity index is 1.71. The lowest BCUT2D eigenvalue weighted by Crippen LogP contribution is -2.50. The summed E-state index contributed by atoms with van der Waals surface area (Å²) in [4.78, 5) is 8.38. The van der Waals surface area contributed by atoms with Crippen LogP contribution in [0.3, 0.4) is 0 Å². The highest BCUT2D eigenvalue weighted by Crippen LogP contribution is 2.33. The predicted molar refractivity (Wildman–Crippen MR) is 102 cm³/mol. The molecular formula is C19H22N4S. The maximum atomic E-state index is 4.67. The fourth-order valence-corrected chi connectivity index (χ4v) is 4.14. The molecule has 0 radical (unpaired) electrons. The molecule has 2 aromatic heterocycles. The van der Waals surface area contributed by atoms with Crippen molar-refractivity contribution in [2.45, 2.75) is 24.3 Å². The van der Waals surface area contributed by atoms with Gasteiger partial charge in [-0.15, -0.1) is 0 Å². The SMILES string of the molecule is CCC1CN(c2cn(Sc3ccccc3)c3cccnc23)CCN1. The van der Waals surface area contributed by atoms with Crippen LogP contribution in [0.1, 0.15) is 13.3 Å². The Kier molecular flexibility index (Phi) is 4.45. The molecule has 1 fully saturated rings. The number of fused-ring (bicyclic) bond motifs is 1. The van der Waals surface area contributed by atoms with Crippen LogP contribution in [0.4, 0.5) is 5.69 Å². The van der Waals surface area contributed by atoms with E-state index in [1.807, 2.05) is 12.3 Å². The normalized spacial score (nSPS) is 18.2. The van der Waals surface area contributed by atoms with Crippen molar-refractivity contribution in [3.8, 4) is 0 Å². The van der Waals surface area contributed by atoms with E-state index < -0.39 is 0 Å². The fraction of sp³-hybridized carbons (Fsp3) is 0.316. The lowest BCUT2D eigenvalue weighted by Gasteiger charge is -2.34. The molecule has 1 unspecified atom stereocenters. The van der Waals surface area contributed by atoms with Gasteiger partial charge >= 0.3 is 0 Å². The topological polar surface area (TPSA) is 33.1 Å². The van der Waals surface area contributed by atoms with E-state index in [-0.39, 0.29) is 0 Å². The Bertz CT molecular complexity index is 815. The first-order valence-electron chi connectivity index (χ1n) is 8.53. The molecule has 0 aliphatic carbocycles. The van der Waals surface area contributed by atoms with Crippen LogP contribution in [-0.4, -0.2) is 34.6 Å². The fourth-order valence-electron chi connectivity index (χ4n) is 3.23. The Morgan fingerprint density at radius 2 is 2.08 bits per heavy atom. The zero-order valence-electron chi connectivity index (χ0n) is 13.9. The van der Waals surface area contributed by atoms with Gasteiger partial charge in [0, 0.05) is 43.0 Å². The van der Waals surface area contributed by atoms with E-state index in [2.05, 4.69) is 68.7 Å². The quantitative estimate of drug-likeness (QED) is 0.785. The molecule has 0 spiro atoms. The Morgan fingerprint density at radius 3 is 2.92 bits per heavy atom. The molecule has 0 amide bonds. The van der Waals surface area contributed by atoms with Gasteiger partial charge in [-0.05, 0) is 42.6 Å². The maximum Gasteiger partial charge on any atom is 0.112 e. The number of rotatable bonds is 4. The molecule has 1 aliphatic rings. The van der Waals surface area contributed by atoms with E-state index >= 15 is 0 Å². The number of anilines is 1. The van der Waals surface area contributed by atoms with Gasteiger partial charge in [-0.3, -0.25) is 8.96 Å². The van der Waals surface area contributed by atoms with Crippen LogP contribution in [-0.2, 0) is 0 Å². The maximum absolute atomic E-state index is 4.67. The van der Waals surface area contributed by atoms with Crippen LogP contribution in [0.25, 0.3) is 11.0 Å².